The molecule has 2 aromatic carbocycles. The van der Waals surface area contributed by atoms with Gasteiger partial charge >= 0.3 is 0 Å². The molecule has 1 unspecified atom stereocenters. The van der Waals surface area contributed by atoms with Crippen LogP contribution in [0.4, 0.5) is 0 Å². The highest BCUT2D eigenvalue weighted by molar-refractivity contribution is 5.62. The fourth-order valence-electron chi connectivity index (χ4n) is 2.85. The van der Waals surface area contributed by atoms with Crippen LogP contribution in [0.1, 0.15) is 23.5 Å². The van der Waals surface area contributed by atoms with E-state index in [2.05, 4.69) is 46.6 Å². The summed E-state index contributed by atoms with van der Waals surface area (Å²) >= 11 is 0. The van der Waals surface area contributed by atoms with Crippen LogP contribution in [0, 0.1) is 0 Å². The zero-order valence-corrected chi connectivity index (χ0v) is 13.2. The van der Waals surface area contributed by atoms with Gasteiger partial charge in [0, 0.05) is 17.7 Å². The predicted octanol–water partition coefficient (Wildman–Crippen LogP) is 3.57. The lowest BCUT2D eigenvalue weighted by atomic mass is 9.88. The van der Waals surface area contributed by atoms with Crippen LogP contribution >= 0.6 is 0 Å². The van der Waals surface area contributed by atoms with E-state index in [4.69, 9.17) is 10.5 Å². The highest BCUT2D eigenvalue weighted by Gasteiger charge is 2.14. The highest BCUT2D eigenvalue weighted by atomic mass is 16.5. The van der Waals surface area contributed by atoms with Gasteiger partial charge in [0.25, 0.3) is 0 Å². The third-order valence-electron chi connectivity index (χ3n) is 4.12. The number of nitrogens with two attached hydrogens (primary N) is 1. The van der Waals surface area contributed by atoms with Crippen molar-refractivity contribution < 1.29 is 4.74 Å². The molecule has 0 aliphatic carbocycles. The fourth-order valence-corrected chi connectivity index (χ4v) is 2.85. The van der Waals surface area contributed by atoms with Crippen LogP contribution in [-0.2, 0) is 0 Å². The normalized spacial score (nSPS) is 12.1. The molecule has 23 heavy (non-hydrogen) atoms. The van der Waals surface area contributed by atoms with E-state index >= 15 is 0 Å². The van der Waals surface area contributed by atoms with E-state index < -0.39 is 0 Å². The molecule has 3 N–H and O–H groups in total. The van der Waals surface area contributed by atoms with E-state index in [-0.39, 0.29) is 0 Å². The van der Waals surface area contributed by atoms with Crippen molar-refractivity contribution in [2.45, 2.75) is 12.3 Å². The average molecular weight is 307 g/mol. The second-order valence-electron chi connectivity index (χ2n) is 5.51. The molecule has 3 aromatic rings. The van der Waals surface area contributed by atoms with Crippen LogP contribution in [0.5, 0.6) is 5.75 Å². The number of methoxy groups -OCH3 is 1. The summed E-state index contributed by atoms with van der Waals surface area (Å²) in [7, 11) is 1.68. The molecule has 0 radical (unpaired) electrons. The predicted molar refractivity (Wildman–Crippen MR) is 92.5 cm³/mol. The maximum absolute atomic E-state index is 5.83. The summed E-state index contributed by atoms with van der Waals surface area (Å²) in [5.41, 5.74) is 10.6. The Morgan fingerprint density at radius 1 is 1.00 bits per heavy atom. The maximum Gasteiger partial charge on any atom is 0.118 e. The molecule has 0 amide bonds. The monoisotopic (exact) mass is 307 g/mol. The summed E-state index contributed by atoms with van der Waals surface area (Å²) in [6, 6.07) is 16.8. The molecule has 0 spiro atoms. The van der Waals surface area contributed by atoms with E-state index in [0.717, 1.165) is 23.3 Å². The smallest absolute Gasteiger partial charge is 0.118 e. The molecule has 1 aromatic heterocycles. The first-order valence-electron chi connectivity index (χ1n) is 7.75. The van der Waals surface area contributed by atoms with Crippen molar-refractivity contribution in [3.8, 4) is 16.9 Å². The lowest BCUT2D eigenvalue weighted by molar-refractivity contribution is 0.414. The van der Waals surface area contributed by atoms with Gasteiger partial charge in [-0.2, -0.15) is 5.10 Å². The van der Waals surface area contributed by atoms with Gasteiger partial charge in [-0.1, -0.05) is 36.4 Å². The van der Waals surface area contributed by atoms with E-state index in [1.165, 1.54) is 11.1 Å². The van der Waals surface area contributed by atoms with Gasteiger partial charge in [0.15, 0.2) is 0 Å². The topological polar surface area (TPSA) is 63.9 Å². The minimum absolute atomic E-state index is 0.296. The number of hydrogen-bond donors (Lipinski definition) is 2. The van der Waals surface area contributed by atoms with Crippen LogP contribution in [0.2, 0.25) is 0 Å². The quantitative estimate of drug-likeness (QED) is 0.732. The van der Waals surface area contributed by atoms with E-state index in [1.54, 1.807) is 7.11 Å². The maximum atomic E-state index is 5.83. The molecule has 4 nitrogen and oxygen atoms in total. The second-order valence-corrected chi connectivity index (χ2v) is 5.51. The first-order valence-corrected chi connectivity index (χ1v) is 7.75. The number of aromatic amines is 1. The van der Waals surface area contributed by atoms with Crippen molar-refractivity contribution in [2.24, 2.45) is 5.73 Å². The molecule has 0 bridgehead atoms. The Labute approximate surface area is 136 Å². The Bertz CT molecular complexity index is 718. The SMILES string of the molecule is COc1ccc(C(CCN)c2ccc(-c3cn[nH]c3)cc2)cc1. The summed E-state index contributed by atoms with van der Waals surface area (Å²) in [5, 5.41) is 6.84. The summed E-state index contributed by atoms with van der Waals surface area (Å²) in [6.45, 7) is 0.653. The molecular weight excluding hydrogens is 286 g/mol. The van der Waals surface area contributed by atoms with E-state index in [0.29, 0.717) is 12.5 Å². The number of benzene rings is 2. The van der Waals surface area contributed by atoms with Crippen molar-refractivity contribution in [2.75, 3.05) is 13.7 Å². The summed E-state index contributed by atoms with van der Waals surface area (Å²) < 4.78 is 5.24. The van der Waals surface area contributed by atoms with Crippen molar-refractivity contribution in [1.82, 2.24) is 10.2 Å². The first-order chi connectivity index (χ1) is 11.3. The zero-order chi connectivity index (χ0) is 16.1. The minimum atomic E-state index is 0.296. The lowest BCUT2D eigenvalue weighted by Crippen LogP contribution is -2.08. The molecule has 1 heterocycles. The fraction of sp³-hybridized carbons (Fsp3) is 0.211. The molecule has 118 valence electrons. The Morgan fingerprint density at radius 3 is 2.17 bits per heavy atom. The number of ether oxygens (including phenoxy) is 1. The number of H-pyrrole nitrogens is 1. The van der Waals surface area contributed by atoms with Gasteiger partial charge in [0.05, 0.1) is 13.3 Å². The molecule has 0 saturated heterocycles. The first kappa shape index (κ1) is 15.3. The van der Waals surface area contributed by atoms with Gasteiger partial charge in [-0.05, 0) is 41.8 Å². The van der Waals surface area contributed by atoms with Crippen molar-refractivity contribution >= 4 is 0 Å². The van der Waals surface area contributed by atoms with Gasteiger partial charge in [-0.15, -0.1) is 0 Å². The molecule has 1 atom stereocenters. The molecule has 4 heteroatoms. The molecule has 3 rings (SSSR count). The third-order valence-corrected chi connectivity index (χ3v) is 4.12. The van der Waals surface area contributed by atoms with Gasteiger partial charge in [0.1, 0.15) is 5.75 Å². The largest absolute Gasteiger partial charge is 0.497 e. The third kappa shape index (κ3) is 3.43. The van der Waals surface area contributed by atoms with Crippen LogP contribution in [0.25, 0.3) is 11.1 Å². The summed E-state index contributed by atoms with van der Waals surface area (Å²) in [4.78, 5) is 0. The van der Waals surface area contributed by atoms with Crippen LogP contribution in [0.3, 0.4) is 0 Å². The molecule has 0 aliphatic heterocycles. The van der Waals surface area contributed by atoms with Gasteiger partial charge < -0.3 is 10.5 Å². The summed E-state index contributed by atoms with van der Waals surface area (Å²) in [6.07, 6.45) is 4.64. The number of rotatable bonds is 6. The highest BCUT2D eigenvalue weighted by Crippen LogP contribution is 2.30. The van der Waals surface area contributed by atoms with Crippen molar-refractivity contribution in [3.63, 3.8) is 0 Å². The second kappa shape index (κ2) is 7.11. The Morgan fingerprint density at radius 2 is 1.65 bits per heavy atom. The Hall–Kier alpha value is -2.59. The number of aromatic nitrogens is 2. The molecule has 0 fully saturated rings. The number of hydrogen-bond acceptors (Lipinski definition) is 3. The van der Waals surface area contributed by atoms with Gasteiger partial charge in [-0.3, -0.25) is 5.10 Å². The summed E-state index contributed by atoms with van der Waals surface area (Å²) in [5.74, 6) is 1.17. The molecular formula is C19H21N3O. The van der Waals surface area contributed by atoms with Crippen LogP contribution in [0.15, 0.2) is 60.9 Å². The average Bonchev–Trinajstić information content (AvgIpc) is 3.15. The number of nitrogens with zero attached hydrogens (tertiary/aromatic N) is 1. The number of nitrogens with one attached hydrogen (secondary N) is 1. The lowest BCUT2D eigenvalue weighted by Gasteiger charge is -2.18. The molecule has 0 aliphatic rings. The Kier molecular flexibility index (Phi) is 4.74. The zero-order valence-electron chi connectivity index (χ0n) is 13.2. The standard InChI is InChI=1S/C19H21N3O/c1-23-18-8-6-16(7-9-18)19(10-11-20)15-4-2-14(3-5-15)17-12-21-22-13-17/h2-9,12-13,19H,10-11,20H2,1H3,(H,21,22). The van der Waals surface area contributed by atoms with Gasteiger partial charge in [0.2, 0.25) is 0 Å². The van der Waals surface area contributed by atoms with E-state index in [9.17, 15) is 0 Å². The Balaban J connectivity index is 1.88. The van der Waals surface area contributed by atoms with E-state index in [1.807, 2.05) is 24.5 Å². The van der Waals surface area contributed by atoms with Crippen molar-refractivity contribution in [1.29, 1.82) is 0 Å². The molecule has 0 saturated carbocycles. The van der Waals surface area contributed by atoms with Crippen LogP contribution in [-0.4, -0.2) is 23.9 Å². The van der Waals surface area contributed by atoms with Crippen molar-refractivity contribution in [3.05, 3.63) is 72.1 Å². The minimum Gasteiger partial charge on any atom is -0.497 e. The van der Waals surface area contributed by atoms with Crippen LogP contribution < -0.4 is 10.5 Å². The van der Waals surface area contributed by atoms with Gasteiger partial charge in [-0.25, -0.2) is 0 Å².